The minimum Gasteiger partial charge on any atom is -0.387 e. The molecule has 4 aromatic rings. The first-order valence-corrected chi connectivity index (χ1v) is 16.0. The first-order valence-electron chi connectivity index (χ1n) is 13.0. The van der Waals surface area contributed by atoms with E-state index in [0.29, 0.717) is 5.39 Å². The van der Waals surface area contributed by atoms with Crippen LogP contribution < -0.4 is 11.3 Å². The number of phosphoric ester groups is 2. The molecule has 0 aromatic carbocycles. The fraction of sp³-hybridized carbons (Fsp3) is 0.455. The largest absolute Gasteiger partial charge is 0.472 e. The predicted octanol–water partition coefficient (Wildman–Crippen LogP) is -0.714. The number of phosphoric acid groups is 2. The van der Waals surface area contributed by atoms with E-state index < -0.39 is 83.5 Å². The highest BCUT2D eigenvalue weighted by Gasteiger charge is 2.53. The van der Waals surface area contributed by atoms with Crippen LogP contribution in [0.3, 0.4) is 0 Å². The van der Waals surface area contributed by atoms with Crippen molar-refractivity contribution >= 4 is 43.5 Å². The van der Waals surface area contributed by atoms with E-state index in [1.165, 1.54) is 40.2 Å². The van der Waals surface area contributed by atoms with Gasteiger partial charge in [-0.1, -0.05) is 0 Å². The second-order valence-corrected chi connectivity index (χ2v) is 13.0. The van der Waals surface area contributed by atoms with E-state index in [1.807, 2.05) is 0 Å². The number of rotatable bonds is 2. The first kappa shape index (κ1) is 29.6. The van der Waals surface area contributed by atoms with Crippen LogP contribution in [0.15, 0.2) is 42.0 Å². The third kappa shape index (κ3) is 5.08. The van der Waals surface area contributed by atoms with Crippen molar-refractivity contribution in [2.24, 2.45) is 0 Å². The SMILES string of the molecule is Nc1ncnc2c1ccn2[C@@H]1O[C@@H]2COP(=O)(O)O[C@@H]3[C@H](O)[C@@H](COP(=O)(O)O[C@H]2[C@H]1O)O[C@H]3n1cnc2c(=O)[nH]ccc21. The molecule has 2 unspecified atom stereocenters. The molecule has 10 atom stereocenters. The summed E-state index contributed by atoms with van der Waals surface area (Å²) in [6.07, 6.45) is -6.84. The number of fused-ring (bicyclic) bond motifs is 5. The molecule has 3 aliphatic heterocycles. The fourth-order valence-corrected chi connectivity index (χ4v) is 7.38. The maximum absolute atomic E-state index is 13.2. The van der Waals surface area contributed by atoms with Crippen LogP contribution in [0.1, 0.15) is 12.5 Å². The average Bonchev–Trinajstić information content (AvgIpc) is 3.73. The van der Waals surface area contributed by atoms with Crippen LogP contribution in [0.5, 0.6) is 0 Å². The van der Waals surface area contributed by atoms with E-state index in [2.05, 4.69) is 19.9 Å². The summed E-state index contributed by atoms with van der Waals surface area (Å²) in [6.45, 7) is -1.55. The Balaban J connectivity index is 1.20. The van der Waals surface area contributed by atoms with Crippen LogP contribution in [-0.4, -0.2) is 98.9 Å². The van der Waals surface area contributed by atoms with Gasteiger partial charge in [0.2, 0.25) is 0 Å². The highest BCUT2D eigenvalue weighted by Crippen LogP contribution is 2.53. The van der Waals surface area contributed by atoms with Crippen molar-refractivity contribution < 1.29 is 56.7 Å². The number of imidazole rings is 1. The molecule has 2 bridgehead atoms. The molecule has 236 valence electrons. The van der Waals surface area contributed by atoms with Crippen molar-refractivity contribution in [1.82, 2.24) is 29.1 Å². The number of H-pyrrole nitrogens is 1. The summed E-state index contributed by atoms with van der Waals surface area (Å²) < 4.78 is 61.6. The molecule has 3 saturated heterocycles. The van der Waals surface area contributed by atoms with Gasteiger partial charge in [0.05, 0.1) is 30.4 Å². The quantitative estimate of drug-likeness (QED) is 0.145. The highest BCUT2D eigenvalue weighted by atomic mass is 31.2. The number of nitrogen functional groups attached to an aromatic ring is 1. The molecular formula is C22H25N7O13P2. The minimum absolute atomic E-state index is 0.0114. The zero-order chi connectivity index (χ0) is 31.0. The van der Waals surface area contributed by atoms with Gasteiger partial charge in [0.1, 0.15) is 54.4 Å². The van der Waals surface area contributed by atoms with Crippen molar-refractivity contribution in [3.8, 4) is 0 Å². The van der Waals surface area contributed by atoms with Gasteiger partial charge in [-0.05, 0) is 12.1 Å². The molecule has 0 amide bonds. The van der Waals surface area contributed by atoms with E-state index in [-0.39, 0.29) is 22.5 Å². The smallest absolute Gasteiger partial charge is 0.387 e. The molecule has 7 rings (SSSR count). The van der Waals surface area contributed by atoms with E-state index in [0.717, 1.165) is 0 Å². The number of pyridine rings is 1. The molecule has 44 heavy (non-hydrogen) atoms. The Labute approximate surface area is 245 Å². The summed E-state index contributed by atoms with van der Waals surface area (Å²) in [4.78, 5) is 48.0. The van der Waals surface area contributed by atoms with Crippen LogP contribution in [0.25, 0.3) is 22.1 Å². The Morgan fingerprint density at radius 2 is 1.61 bits per heavy atom. The van der Waals surface area contributed by atoms with Gasteiger partial charge in [0.15, 0.2) is 18.0 Å². The van der Waals surface area contributed by atoms with Gasteiger partial charge in [-0.25, -0.2) is 24.1 Å². The second-order valence-electron chi connectivity index (χ2n) is 10.2. The summed E-state index contributed by atoms with van der Waals surface area (Å²) in [5.41, 5.74) is 5.88. The summed E-state index contributed by atoms with van der Waals surface area (Å²) in [5.74, 6) is 0.155. The molecule has 22 heteroatoms. The van der Waals surface area contributed by atoms with Crippen LogP contribution in [0.4, 0.5) is 5.82 Å². The Kier molecular flexibility index (Phi) is 7.24. The standard InChI is InChI=1S/C22H25N7O13P2/c23-18-9-2-4-28(19(9)26-7-25-18)21-15(31)16-12(40-21)6-38-44(35,36)42-17-14(30)11(5-37-43(33,34)41-16)39-22(17)29-8-27-13-10(29)1-3-24-20(13)32/h1-4,7-8,11-12,14-17,21-22,30-31H,5-6H2,(H,24,32)(H,33,34)(H,35,36)(H2,23,25,26)/t11-,12-,14-,15-,16-,17-,21-,22-/m1/s1. The molecule has 7 heterocycles. The number of ether oxygens (including phenoxy) is 2. The van der Waals surface area contributed by atoms with Gasteiger partial charge in [-0.15, -0.1) is 0 Å². The Hall–Kier alpha value is -3.10. The van der Waals surface area contributed by atoms with Crippen LogP contribution in [-0.2, 0) is 36.7 Å². The first-order chi connectivity index (χ1) is 20.9. The van der Waals surface area contributed by atoms with E-state index in [4.69, 9.17) is 33.3 Å². The van der Waals surface area contributed by atoms with E-state index >= 15 is 0 Å². The van der Waals surface area contributed by atoms with Crippen LogP contribution in [0, 0.1) is 0 Å². The number of aromatic amines is 1. The molecule has 3 fully saturated rings. The van der Waals surface area contributed by atoms with Crippen molar-refractivity contribution in [3.05, 3.63) is 47.5 Å². The van der Waals surface area contributed by atoms with Gasteiger partial charge in [0, 0.05) is 12.4 Å². The number of nitrogens with zero attached hydrogens (tertiary/aromatic N) is 5. The predicted molar refractivity (Wildman–Crippen MR) is 143 cm³/mol. The number of hydrogen-bond acceptors (Lipinski definition) is 15. The summed E-state index contributed by atoms with van der Waals surface area (Å²) in [6, 6.07) is 3.05. The van der Waals surface area contributed by atoms with Crippen molar-refractivity contribution in [1.29, 1.82) is 0 Å². The lowest BCUT2D eigenvalue weighted by molar-refractivity contribution is -0.0670. The van der Waals surface area contributed by atoms with Gasteiger partial charge < -0.3 is 49.3 Å². The van der Waals surface area contributed by atoms with E-state index in [1.54, 1.807) is 6.07 Å². The Morgan fingerprint density at radius 1 is 0.909 bits per heavy atom. The molecule has 0 spiro atoms. The lowest BCUT2D eigenvalue weighted by atomic mass is 10.1. The number of aromatic nitrogens is 6. The molecule has 20 nitrogen and oxygen atoms in total. The zero-order valence-corrected chi connectivity index (χ0v) is 24.0. The number of hydrogen-bond donors (Lipinski definition) is 6. The number of aliphatic hydroxyl groups excluding tert-OH is 2. The zero-order valence-electron chi connectivity index (χ0n) is 22.2. The number of nitrogens with one attached hydrogen (secondary N) is 1. The van der Waals surface area contributed by atoms with Gasteiger partial charge in [0.25, 0.3) is 5.56 Å². The molecule has 0 radical (unpaired) electrons. The minimum atomic E-state index is -5.05. The molecule has 0 saturated carbocycles. The van der Waals surface area contributed by atoms with Gasteiger partial charge in [-0.3, -0.25) is 22.9 Å². The second kappa shape index (κ2) is 10.8. The van der Waals surface area contributed by atoms with E-state index in [9.17, 15) is 33.9 Å². The Morgan fingerprint density at radius 3 is 2.39 bits per heavy atom. The molecule has 7 N–H and O–H groups in total. The van der Waals surface area contributed by atoms with Gasteiger partial charge >= 0.3 is 15.6 Å². The molecule has 4 aromatic heterocycles. The van der Waals surface area contributed by atoms with Gasteiger partial charge in [-0.2, -0.15) is 0 Å². The fourth-order valence-electron chi connectivity index (χ4n) is 5.48. The molecular weight excluding hydrogens is 632 g/mol. The monoisotopic (exact) mass is 657 g/mol. The number of nitrogens with two attached hydrogens (primary N) is 1. The molecule has 3 aliphatic rings. The maximum atomic E-state index is 13.2. The van der Waals surface area contributed by atoms with Crippen molar-refractivity contribution in [3.63, 3.8) is 0 Å². The normalized spacial score (nSPS) is 38.3. The summed E-state index contributed by atoms with van der Waals surface area (Å²) in [7, 11) is -10.1. The molecule has 0 aliphatic carbocycles. The van der Waals surface area contributed by atoms with Crippen LogP contribution >= 0.6 is 15.6 Å². The number of anilines is 1. The lowest BCUT2D eigenvalue weighted by Gasteiger charge is -2.26. The van der Waals surface area contributed by atoms with Crippen LogP contribution in [0.2, 0.25) is 0 Å². The highest BCUT2D eigenvalue weighted by molar-refractivity contribution is 7.47. The lowest BCUT2D eigenvalue weighted by Crippen LogP contribution is -2.36. The Bertz CT molecular complexity index is 1880. The van der Waals surface area contributed by atoms with Crippen molar-refractivity contribution in [2.75, 3.05) is 18.9 Å². The summed E-state index contributed by atoms with van der Waals surface area (Å²) >= 11 is 0. The average molecular weight is 657 g/mol. The third-order valence-electron chi connectivity index (χ3n) is 7.53. The van der Waals surface area contributed by atoms with Crippen molar-refractivity contribution in [2.45, 2.75) is 49.1 Å². The maximum Gasteiger partial charge on any atom is 0.472 e. The number of aliphatic hydroxyl groups is 2. The topological polar surface area (TPSA) is 278 Å². The third-order valence-corrected chi connectivity index (χ3v) is 9.50. The summed E-state index contributed by atoms with van der Waals surface area (Å²) in [5, 5.41) is 22.6.